The normalized spacial score (nSPS) is 12.2. The monoisotopic (exact) mass is 682 g/mol. The van der Waals surface area contributed by atoms with Crippen LogP contribution in [0.1, 0.15) is 44.2 Å². The summed E-state index contributed by atoms with van der Waals surface area (Å²) in [5, 5.41) is 12.9. The molecule has 0 aliphatic heterocycles. The zero-order valence-electron chi connectivity index (χ0n) is 27.9. The molecule has 2 aromatic carbocycles. The Balaban J connectivity index is 0.00000103. The Morgan fingerprint density at radius 3 is 1.96 bits per heavy atom. The molecule has 48 heavy (non-hydrogen) atoms. The molecule has 0 heterocycles. The third-order valence-corrected chi connectivity index (χ3v) is 6.96. The number of nitrogens with one attached hydrogen (secondary N) is 2. The number of nitrogens with zero attached hydrogens (tertiary/aromatic N) is 2. The summed E-state index contributed by atoms with van der Waals surface area (Å²) in [6.07, 6.45) is -5.81. The van der Waals surface area contributed by atoms with Crippen molar-refractivity contribution in [2.24, 2.45) is 0 Å². The van der Waals surface area contributed by atoms with Crippen molar-refractivity contribution in [2.45, 2.75) is 44.9 Å². The molecule has 0 saturated heterocycles. The van der Waals surface area contributed by atoms with E-state index in [1.807, 2.05) is 52.1 Å². The highest BCUT2D eigenvalue weighted by atomic mass is 19.4. The average molecular weight is 683 g/mol. The van der Waals surface area contributed by atoms with Crippen molar-refractivity contribution in [3.8, 4) is 11.1 Å². The van der Waals surface area contributed by atoms with Crippen molar-refractivity contribution in [1.29, 1.82) is 0 Å². The zero-order chi connectivity index (χ0) is 35.9. The quantitative estimate of drug-likeness (QED) is 0.246. The average Bonchev–Trinajstić information content (AvgIpc) is 3.34. The highest BCUT2D eigenvalue weighted by Crippen LogP contribution is 2.44. The van der Waals surface area contributed by atoms with Crippen LogP contribution >= 0.6 is 0 Å². The van der Waals surface area contributed by atoms with Crippen LogP contribution in [0.2, 0.25) is 0 Å². The number of alkyl carbamates (subject to hydrolysis) is 1. The van der Waals surface area contributed by atoms with Gasteiger partial charge in [-0.3, -0.25) is 4.79 Å². The highest BCUT2D eigenvalue weighted by molar-refractivity contribution is 5.79. The number of carboxylic acid groups (broad SMARTS) is 1. The van der Waals surface area contributed by atoms with E-state index in [-0.39, 0.29) is 44.6 Å². The topological polar surface area (TPSA) is 147 Å². The molecule has 3 rings (SSSR count). The molecular formula is C33H45F3N4O8. The van der Waals surface area contributed by atoms with E-state index in [4.69, 9.17) is 24.1 Å². The van der Waals surface area contributed by atoms with E-state index in [2.05, 4.69) is 34.9 Å². The third kappa shape index (κ3) is 13.4. The molecule has 0 atom stereocenters. The first kappa shape index (κ1) is 39.8. The smallest absolute Gasteiger partial charge is 0.475 e. The van der Waals surface area contributed by atoms with Gasteiger partial charge >= 0.3 is 24.3 Å². The van der Waals surface area contributed by atoms with Crippen molar-refractivity contribution < 1.29 is 51.7 Å². The molecule has 3 N–H and O–H groups in total. The fraction of sp³-hybridized carbons (Fsp3) is 0.515. The summed E-state index contributed by atoms with van der Waals surface area (Å²) in [5.41, 5.74) is 4.11. The first-order chi connectivity index (χ1) is 22.5. The van der Waals surface area contributed by atoms with Crippen LogP contribution in [-0.2, 0) is 23.8 Å². The standard InChI is InChI=1S/C31H44N4O6.C2HF3O2/c1-31(2,3)41-30(38)34(5)18-19-35(17-15-32-4)28(36)14-20-39-21-16-33-29(37)40-22-27-25-12-8-6-10-23(25)24-11-7-9-13-26(24)27;3-2(4,5)1(6)7/h6-13,27,32H,14-22H2,1-5H3,(H,33,37);(H,6,7). The summed E-state index contributed by atoms with van der Waals surface area (Å²) in [7, 11) is 3.48. The summed E-state index contributed by atoms with van der Waals surface area (Å²) in [6.45, 7) is 8.34. The number of aliphatic carboxylic acids is 1. The van der Waals surface area contributed by atoms with Crippen LogP contribution in [0.3, 0.4) is 0 Å². The lowest BCUT2D eigenvalue weighted by atomic mass is 9.98. The van der Waals surface area contributed by atoms with E-state index < -0.39 is 29.9 Å². The van der Waals surface area contributed by atoms with Crippen molar-refractivity contribution in [2.75, 3.05) is 66.6 Å². The van der Waals surface area contributed by atoms with Crippen LogP contribution in [0.4, 0.5) is 22.8 Å². The lowest BCUT2D eigenvalue weighted by Gasteiger charge is -2.28. The van der Waals surface area contributed by atoms with E-state index in [9.17, 15) is 27.6 Å². The summed E-state index contributed by atoms with van der Waals surface area (Å²) in [5.74, 6) is -2.82. The van der Waals surface area contributed by atoms with Gasteiger partial charge in [0.1, 0.15) is 12.2 Å². The SMILES string of the molecule is CNCCN(CCN(C)C(=O)OC(C)(C)C)C(=O)CCOCCNC(=O)OCC1c2ccccc2-c2ccccc21.O=C(O)C(F)(F)F. The minimum atomic E-state index is -5.08. The molecule has 266 valence electrons. The van der Waals surface area contributed by atoms with Gasteiger partial charge in [0.2, 0.25) is 5.91 Å². The van der Waals surface area contributed by atoms with Gasteiger partial charge in [0.05, 0.1) is 19.6 Å². The van der Waals surface area contributed by atoms with Crippen LogP contribution < -0.4 is 10.6 Å². The summed E-state index contributed by atoms with van der Waals surface area (Å²) < 4.78 is 48.2. The van der Waals surface area contributed by atoms with Crippen LogP contribution in [0, 0.1) is 0 Å². The maximum Gasteiger partial charge on any atom is 0.490 e. The largest absolute Gasteiger partial charge is 0.490 e. The number of ether oxygens (including phenoxy) is 3. The molecule has 0 spiro atoms. The van der Waals surface area contributed by atoms with Gasteiger partial charge in [-0.05, 0) is 50.1 Å². The molecule has 1 aliphatic rings. The van der Waals surface area contributed by atoms with Gasteiger partial charge < -0.3 is 39.8 Å². The second kappa shape index (κ2) is 18.8. The fourth-order valence-corrected chi connectivity index (χ4v) is 4.60. The van der Waals surface area contributed by atoms with Gasteiger partial charge in [0, 0.05) is 45.7 Å². The Labute approximate surface area is 278 Å². The Bertz CT molecular complexity index is 1320. The molecular weight excluding hydrogens is 637 g/mol. The highest BCUT2D eigenvalue weighted by Gasteiger charge is 2.38. The molecule has 0 radical (unpaired) electrons. The number of likely N-dealkylation sites (N-methyl/N-ethyl adjacent to an activating group) is 2. The van der Waals surface area contributed by atoms with Crippen LogP contribution in [-0.4, -0.2) is 117 Å². The number of benzene rings is 2. The lowest BCUT2D eigenvalue weighted by Crippen LogP contribution is -2.43. The molecule has 15 heteroatoms. The number of rotatable bonds is 14. The second-order valence-electron chi connectivity index (χ2n) is 11.8. The zero-order valence-corrected chi connectivity index (χ0v) is 27.9. The first-order valence-electron chi connectivity index (χ1n) is 15.4. The number of amides is 3. The van der Waals surface area contributed by atoms with Crippen molar-refractivity contribution >= 4 is 24.1 Å². The number of alkyl halides is 3. The van der Waals surface area contributed by atoms with Gasteiger partial charge in [-0.1, -0.05) is 48.5 Å². The lowest BCUT2D eigenvalue weighted by molar-refractivity contribution is -0.192. The van der Waals surface area contributed by atoms with E-state index in [0.29, 0.717) is 26.2 Å². The molecule has 1 aliphatic carbocycles. The van der Waals surface area contributed by atoms with Gasteiger partial charge in [0.25, 0.3) is 0 Å². The van der Waals surface area contributed by atoms with Gasteiger partial charge in [-0.15, -0.1) is 0 Å². The summed E-state index contributed by atoms with van der Waals surface area (Å²) in [4.78, 5) is 49.4. The predicted octanol–water partition coefficient (Wildman–Crippen LogP) is 4.48. The van der Waals surface area contributed by atoms with E-state index in [1.165, 1.54) is 16.0 Å². The maximum absolute atomic E-state index is 12.8. The molecule has 3 amide bonds. The number of carboxylic acids is 1. The number of carbonyl (C=O) groups is 4. The minimum absolute atomic E-state index is 0.00481. The number of halogens is 3. The van der Waals surface area contributed by atoms with E-state index in [0.717, 1.165) is 11.1 Å². The Kier molecular flexibility index (Phi) is 15.6. The van der Waals surface area contributed by atoms with Gasteiger partial charge in [-0.25, -0.2) is 14.4 Å². The van der Waals surface area contributed by atoms with Gasteiger partial charge in [0.15, 0.2) is 0 Å². The fourth-order valence-electron chi connectivity index (χ4n) is 4.60. The van der Waals surface area contributed by atoms with Crippen molar-refractivity contribution in [3.63, 3.8) is 0 Å². The summed E-state index contributed by atoms with van der Waals surface area (Å²) >= 11 is 0. The third-order valence-electron chi connectivity index (χ3n) is 6.96. The maximum atomic E-state index is 12.8. The van der Waals surface area contributed by atoms with Crippen LogP contribution in [0.5, 0.6) is 0 Å². The second-order valence-corrected chi connectivity index (χ2v) is 11.8. The molecule has 0 aromatic heterocycles. The molecule has 0 fully saturated rings. The number of hydrogen-bond donors (Lipinski definition) is 3. The van der Waals surface area contributed by atoms with E-state index in [1.54, 1.807) is 11.9 Å². The minimum Gasteiger partial charge on any atom is -0.475 e. The molecule has 0 bridgehead atoms. The molecule has 12 nitrogen and oxygen atoms in total. The Morgan fingerprint density at radius 2 is 1.44 bits per heavy atom. The number of carbonyl (C=O) groups excluding carboxylic acids is 3. The van der Waals surface area contributed by atoms with Crippen molar-refractivity contribution in [3.05, 3.63) is 59.7 Å². The van der Waals surface area contributed by atoms with Crippen LogP contribution in [0.15, 0.2) is 48.5 Å². The first-order valence-corrected chi connectivity index (χ1v) is 15.4. The van der Waals surface area contributed by atoms with Gasteiger partial charge in [-0.2, -0.15) is 13.2 Å². The predicted molar refractivity (Wildman–Crippen MR) is 172 cm³/mol. The number of fused-ring (bicyclic) bond motifs is 3. The Hall–Kier alpha value is -4.37. The molecule has 2 aromatic rings. The molecule has 0 saturated carbocycles. The Morgan fingerprint density at radius 1 is 0.875 bits per heavy atom. The van der Waals surface area contributed by atoms with E-state index >= 15 is 0 Å². The summed E-state index contributed by atoms with van der Waals surface area (Å²) in [6, 6.07) is 16.4. The number of hydrogen-bond acceptors (Lipinski definition) is 8. The van der Waals surface area contributed by atoms with Crippen molar-refractivity contribution in [1.82, 2.24) is 20.4 Å². The molecule has 0 unspecified atom stereocenters. The van der Waals surface area contributed by atoms with Crippen LogP contribution in [0.25, 0.3) is 11.1 Å².